The summed E-state index contributed by atoms with van der Waals surface area (Å²) in [6, 6.07) is 12.9. The molecule has 0 spiro atoms. The Hall–Kier alpha value is -0.120. The van der Waals surface area contributed by atoms with Crippen molar-refractivity contribution in [1.29, 1.82) is 0 Å². The second-order valence-corrected chi connectivity index (χ2v) is 6.83. The number of hydrogen-bond donors (Lipinski definition) is 0. The maximum atomic E-state index is 3.72. The first kappa shape index (κ1) is 11.4. The van der Waals surface area contributed by atoms with E-state index < -0.39 is 0 Å². The molecule has 0 fully saturated rings. The van der Waals surface area contributed by atoms with Gasteiger partial charge in [-0.05, 0) is 40.5 Å². The van der Waals surface area contributed by atoms with Crippen molar-refractivity contribution in [3.05, 3.63) is 56.2 Å². The third-order valence-electron chi connectivity index (χ3n) is 2.21. The van der Waals surface area contributed by atoms with Gasteiger partial charge in [-0.25, -0.2) is 0 Å². The van der Waals surface area contributed by atoms with Crippen molar-refractivity contribution in [3.63, 3.8) is 0 Å². The van der Waals surface area contributed by atoms with Gasteiger partial charge < -0.3 is 0 Å². The number of hydrogen-bond acceptors (Lipinski definition) is 1. The van der Waals surface area contributed by atoms with Crippen molar-refractivity contribution < 1.29 is 0 Å². The molecule has 1 aromatic carbocycles. The van der Waals surface area contributed by atoms with Crippen molar-refractivity contribution in [2.45, 2.75) is 11.8 Å². The van der Waals surface area contributed by atoms with E-state index in [1.165, 1.54) is 19.8 Å². The fraction of sp³-hybridized carbons (Fsp3) is 0.167. The number of aryl methyl sites for hydroxylation is 1. The quantitative estimate of drug-likeness (QED) is 0.647. The smallest absolute Gasteiger partial charge is 0.0738 e. The molecule has 0 saturated heterocycles. The summed E-state index contributed by atoms with van der Waals surface area (Å²) in [7, 11) is 0. The Bertz CT molecular complexity index is 445. The normalized spacial score (nSPS) is 12.7. The molecule has 0 aliphatic heterocycles. The lowest BCUT2D eigenvalue weighted by Crippen LogP contribution is -1.88. The zero-order chi connectivity index (χ0) is 10.8. The van der Waals surface area contributed by atoms with Crippen LogP contribution in [0.25, 0.3) is 0 Å². The highest BCUT2D eigenvalue weighted by molar-refractivity contribution is 9.11. The van der Waals surface area contributed by atoms with E-state index in [9.17, 15) is 0 Å². The molecule has 2 aromatic rings. The third-order valence-corrected chi connectivity index (χ3v) is 5.23. The van der Waals surface area contributed by atoms with Crippen LogP contribution in [0, 0.1) is 6.92 Å². The van der Waals surface area contributed by atoms with Crippen molar-refractivity contribution in [2.24, 2.45) is 0 Å². The maximum absolute atomic E-state index is 3.72. The Labute approximate surface area is 111 Å². The SMILES string of the molecule is Cc1ccc(C(Br)c2ccc(Br)s2)cc1. The lowest BCUT2D eigenvalue weighted by atomic mass is 10.1. The molecule has 1 unspecified atom stereocenters. The van der Waals surface area contributed by atoms with Gasteiger partial charge in [-0.15, -0.1) is 11.3 Å². The summed E-state index contributed by atoms with van der Waals surface area (Å²) in [4.78, 5) is 1.63. The molecule has 0 aliphatic rings. The summed E-state index contributed by atoms with van der Waals surface area (Å²) >= 11 is 8.97. The first-order chi connectivity index (χ1) is 7.16. The van der Waals surface area contributed by atoms with Gasteiger partial charge in [0.05, 0.1) is 8.61 Å². The van der Waals surface area contributed by atoms with Gasteiger partial charge in [-0.1, -0.05) is 45.8 Å². The molecule has 0 saturated carbocycles. The molecular weight excluding hydrogens is 336 g/mol. The number of benzene rings is 1. The van der Waals surface area contributed by atoms with E-state index >= 15 is 0 Å². The number of halogens is 2. The molecular formula is C12H10Br2S. The van der Waals surface area contributed by atoms with Crippen LogP contribution in [0.4, 0.5) is 0 Å². The molecule has 15 heavy (non-hydrogen) atoms. The van der Waals surface area contributed by atoms with Gasteiger partial charge in [0.1, 0.15) is 0 Å². The number of rotatable bonds is 2. The summed E-state index contributed by atoms with van der Waals surface area (Å²) in [6.45, 7) is 2.11. The molecule has 3 heteroatoms. The summed E-state index contributed by atoms with van der Waals surface area (Å²) in [5, 5.41) is 0. The van der Waals surface area contributed by atoms with Crippen molar-refractivity contribution in [1.82, 2.24) is 0 Å². The minimum absolute atomic E-state index is 0.300. The van der Waals surface area contributed by atoms with E-state index in [-0.39, 0.29) is 0 Å². The average molecular weight is 346 g/mol. The van der Waals surface area contributed by atoms with Crippen LogP contribution in [0.15, 0.2) is 40.2 Å². The van der Waals surface area contributed by atoms with Crippen LogP contribution < -0.4 is 0 Å². The second-order valence-electron chi connectivity index (χ2n) is 3.42. The first-order valence-corrected chi connectivity index (χ1v) is 7.15. The van der Waals surface area contributed by atoms with Gasteiger partial charge in [0, 0.05) is 4.88 Å². The molecule has 0 nitrogen and oxygen atoms in total. The lowest BCUT2D eigenvalue weighted by molar-refractivity contribution is 1.22. The van der Waals surface area contributed by atoms with Gasteiger partial charge in [0.25, 0.3) is 0 Å². The van der Waals surface area contributed by atoms with E-state index in [4.69, 9.17) is 0 Å². The number of alkyl halides is 1. The Morgan fingerprint density at radius 3 is 2.27 bits per heavy atom. The highest BCUT2D eigenvalue weighted by atomic mass is 79.9. The Morgan fingerprint density at radius 1 is 1.07 bits per heavy atom. The lowest BCUT2D eigenvalue weighted by Gasteiger charge is -2.07. The molecule has 1 heterocycles. The largest absolute Gasteiger partial charge is 0.132 e. The predicted octanol–water partition coefficient (Wildman–Crippen LogP) is 5.30. The Balaban J connectivity index is 2.28. The highest BCUT2D eigenvalue weighted by Gasteiger charge is 2.11. The van der Waals surface area contributed by atoms with E-state index in [0.29, 0.717) is 4.83 Å². The van der Waals surface area contributed by atoms with Crippen molar-refractivity contribution >= 4 is 43.2 Å². The Morgan fingerprint density at radius 2 is 1.73 bits per heavy atom. The van der Waals surface area contributed by atoms with Crippen LogP contribution in [0.2, 0.25) is 0 Å². The van der Waals surface area contributed by atoms with Crippen LogP contribution in [0.3, 0.4) is 0 Å². The predicted molar refractivity (Wildman–Crippen MR) is 74.0 cm³/mol. The molecule has 0 N–H and O–H groups in total. The number of thiophene rings is 1. The molecule has 1 aromatic heterocycles. The highest BCUT2D eigenvalue weighted by Crippen LogP contribution is 2.36. The van der Waals surface area contributed by atoms with Gasteiger partial charge >= 0.3 is 0 Å². The van der Waals surface area contributed by atoms with E-state index in [2.05, 4.69) is 75.2 Å². The van der Waals surface area contributed by atoms with Crippen LogP contribution in [0.5, 0.6) is 0 Å². The summed E-state index contributed by atoms with van der Waals surface area (Å²) in [6.07, 6.45) is 0. The van der Waals surface area contributed by atoms with E-state index in [0.717, 1.165) is 0 Å². The van der Waals surface area contributed by atoms with Crippen LogP contribution in [0.1, 0.15) is 20.8 Å². The molecule has 0 amide bonds. The fourth-order valence-electron chi connectivity index (χ4n) is 1.36. The summed E-state index contributed by atoms with van der Waals surface area (Å²) in [5.74, 6) is 0. The molecule has 0 radical (unpaired) electrons. The zero-order valence-electron chi connectivity index (χ0n) is 8.21. The fourth-order valence-corrected chi connectivity index (χ4v) is 3.53. The third kappa shape index (κ3) is 2.71. The van der Waals surface area contributed by atoms with Crippen molar-refractivity contribution in [2.75, 3.05) is 0 Å². The summed E-state index contributed by atoms with van der Waals surface area (Å²) in [5.41, 5.74) is 2.60. The van der Waals surface area contributed by atoms with Crippen LogP contribution in [-0.2, 0) is 0 Å². The van der Waals surface area contributed by atoms with Crippen LogP contribution in [-0.4, -0.2) is 0 Å². The molecule has 2 rings (SSSR count). The van der Waals surface area contributed by atoms with E-state index in [1.54, 1.807) is 11.3 Å². The van der Waals surface area contributed by atoms with Gasteiger partial charge in [-0.3, -0.25) is 0 Å². The molecule has 1 atom stereocenters. The molecule has 0 bridgehead atoms. The Kier molecular flexibility index (Phi) is 3.65. The molecule has 0 aliphatic carbocycles. The van der Waals surface area contributed by atoms with Gasteiger partial charge in [0.15, 0.2) is 0 Å². The van der Waals surface area contributed by atoms with Crippen molar-refractivity contribution in [3.8, 4) is 0 Å². The topological polar surface area (TPSA) is 0 Å². The first-order valence-electron chi connectivity index (χ1n) is 4.62. The summed E-state index contributed by atoms with van der Waals surface area (Å²) < 4.78 is 1.18. The van der Waals surface area contributed by atoms with E-state index in [1.807, 2.05) is 0 Å². The average Bonchev–Trinajstić information content (AvgIpc) is 2.65. The molecule has 78 valence electrons. The minimum Gasteiger partial charge on any atom is -0.132 e. The maximum Gasteiger partial charge on any atom is 0.0738 e. The standard InChI is InChI=1S/C12H10Br2S/c1-8-2-4-9(5-3-8)12(14)10-6-7-11(13)15-10/h2-7,12H,1H3. The minimum atomic E-state index is 0.300. The second kappa shape index (κ2) is 4.81. The zero-order valence-corrected chi connectivity index (χ0v) is 12.2. The monoisotopic (exact) mass is 344 g/mol. The van der Waals surface area contributed by atoms with Gasteiger partial charge in [-0.2, -0.15) is 0 Å². The van der Waals surface area contributed by atoms with Crippen LogP contribution >= 0.6 is 43.2 Å². The van der Waals surface area contributed by atoms with Gasteiger partial charge in [0.2, 0.25) is 0 Å².